The Kier molecular flexibility index (Phi) is 3.36. The highest BCUT2D eigenvalue weighted by Crippen LogP contribution is 1.73. The molecule has 0 aromatic rings. The first kappa shape index (κ1) is 8.54. The van der Waals surface area contributed by atoms with Crippen LogP contribution >= 0.6 is 0 Å². The number of aldehydes is 1. The Balaban J connectivity index is 3.40. The molecule has 0 aliphatic carbocycles. The number of nitrogens with one attached hydrogen (secondary N) is 1. The molecule has 0 aliphatic heterocycles. The monoisotopic (exact) mass is 153 g/mol. The third-order valence-electron chi connectivity index (χ3n) is 0.547. The van der Waals surface area contributed by atoms with Crippen LogP contribution in [0.5, 0.6) is 0 Å². The molecule has 0 fully saturated rings. The van der Waals surface area contributed by atoms with Gasteiger partial charge in [0.1, 0.15) is 6.29 Å². The second kappa shape index (κ2) is 3.54. The highest BCUT2D eigenvalue weighted by Gasteiger charge is 1.98. The van der Waals surface area contributed by atoms with Crippen LogP contribution in [0, 0.1) is 0 Å². The Morgan fingerprint density at radius 1 is 1.56 bits per heavy atom. The van der Waals surface area contributed by atoms with Crippen molar-refractivity contribution < 1.29 is 17.8 Å². The predicted octanol–water partition coefficient (Wildman–Crippen LogP) is -1.03. The molecular weight excluding hydrogens is 146 g/mol. The first-order valence-corrected chi connectivity index (χ1v) is 3.66. The summed E-state index contributed by atoms with van der Waals surface area (Å²) in [4.78, 5) is 9.57. The molecule has 0 saturated heterocycles. The average Bonchev–Trinajstić information content (AvgIpc) is 1.63. The fourth-order valence-electron chi connectivity index (χ4n) is 0.247. The van der Waals surface area contributed by atoms with Gasteiger partial charge in [-0.1, -0.05) is 0 Å². The largest absolute Gasteiger partial charge is 0.333 e. The maximum absolute atomic E-state index is 9.83. The lowest BCUT2D eigenvalue weighted by Crippen LogP contribution is -2.23. The minimum Gasteiger partial charge on any atom is -0.303 e. The lowest BCUT2D eigenvalue weighted by Gasteiger charge is -1.93. The molecule has 0 aliphatic rings. The fourth-order valence-corrected chi connectivity index (χ4v) is 0.623. The second-order valence-electron chi connectivity index (χ2n) is 1.32. The second-order valence-corrected chi connectivity index (χ2v) is 2.56. The van der Waals surface area contributed by atoms with E-state index in [2.05, 4.69) is 0 Å². The van der Waals surface area contributed by atoms with Gasteiger partial charge in [-0.2, -0.15) is 13.1 Å². The van der Waals surface area contributed by atoms with E-state index >= 15 is 0 Å². The lowest BCUT2D eigenvalue weighted by atomic mass is 10.5. The molecule has 5 nitrogen and oxygen atoms in total. The summed E-state index contributed by atoms with van der Waals surface area (Å²) in [6.45, 7) is -0.0532. The quantitative estimate of drug-likeness (QED) is 0.307. The fraction of sp³-hybridized carbons (Fsp3) is 0.667. The molecule has 0 spiro atoms. The Bertz CT molecular complexity index is 172. The van der Waals surface area contributed by atoms with Gasteiger partial charge in [-0.05, 0) is 0 Å². The molecule has 0 saturated carbocycles. The summed E-state index contributed by atoms with van der Waals surface area (Å²) >= 11 is 0. The van der Waals surface area contributed by atoms with Gasteiger partial charge in [0, 0.05) is 13.0 Å². The van der Waals surface area contributed by atoms with Crippen molar-refractivity contribution in [2.75, 3.05) is 6.54 Å². The van der Waals surface area contributed by atoms with Crippen LogP contribution < -0.4 is 4.72 Å². The topological polar surface area (TPSA) is 83.5 Å². The Morgan fingerprint density at radius 2 is 2.11 bits per heavy atom. The van der Waals surface area contributed by atoms with Crippen LogP contribution in [0.4, 0.5) is 0 Å². The van der Waals surface area contributed by atoms with Crippen molar-refractivity contribution in [2.45, 2.75) is 6.42 Å². The molecular formula is C3H7NO4S. The molecule has 9 heavy (non-hydrogen) atoms. The van der Waals surface area contributed by atoms with Crippen molar-refractivity contribution in [3.63, 3.8) is 0 Å². The lowest BCUT2D eigenvalue weighted by molar-refractivity contribution is -0.107. The van der Waals surface area contributed by atoms with Gasteiger partial charge in [-0.25, -0.2) is 0 Å². The molecule has 0 aromatic heterocycles. The minimum atomic E-state index is -4.11. The van der Waals surface area contributed by atoms with E-state index in [1.807, 2.05) is 0 Å². The van der Waals surface area contributed by atoms with Crippen molar-refractivity contribution in [1.82, 2.24) is 4.72 Å². The van der Waals surface area contributed by atoms with E-state index in [9.17, 15) is 13.2 Å². The highest BCUT2D eigenvalue weighted by molar-refractivity contribution is 7.83. The molecule has 0 heterocycles. The van der Waals surface area contributed by atoms with Gasteiger partial charge in [0.25, 0.3) is 0 Å². The van der Waals surface area contributed by atoms with Gasteiger partial charge in [0.2, 0.25) is 0 Å². The first-order valence-electron chi connectivity index (χ1n) is 2.22. The van der Waals surface area contributed by atoms with Crippen molar-refractivity contribution >= 4 is 16.6 Å². The summed E-state index contributed by atoms with van der Waals surface area (Å²) < 4.78 is 29.4. The molecule has 0 unspecified atom stereocenters. The molecule has 0 amide bonds. The highest BCUT2D eigenvalue weighted by atomic mass is 32.2. The zero-order chi connectivity index (χ0) is 7.33. The van der Waals surface area contributed by atoms with E-state index < -0.39 is 10.3 Å². The Hall–Kier alpha value is -0.460. The summed E-state index contributed by atoms with van der Waals surface area (Å²) in [6, 6.07) is 0. The minimum absolute atomic E-state index is 0.0532. The normalized spacial score (nSPS) is 11.2. The summed E-state index contributed by atoms with van der Waals surface area (Å²) in [5.74, 6) is 0. The molecule has 0 atom stereocenters. The van der Waals surface area contributed by atoms with Crippen LogP contribution in [0.15, 0.2) is 0 Å². The zero-order valence-corrected chi connectivity index (χ0v) is 5.39. The van der Waals surface area contributed by atoms with Crippen LogP contribution in [0.1, 0.15) is 6.42 Å². The van der Waals surface area contributed by atoms with Gasteiger partial charge in [-0.15, -0.1) is 0 Å². The molecule has 2 N–H and O–H groups in total. The van der Waals surface area contributed by atoms with E-state index in [0.717, 1.165) is 0 Å². The van der Waals surface area contributed by atoms with E-state index in [1.165, 1.54) is 0 Å². The summed E-state index contributed by atoms with van der Waals surface area (Å²) in [7, 11) is -4.11. The maximum Gasteiger partial charge on any atom is 0.333 e. The SMILES string of the molecule is O=CCCNS(=O)(=O)O. The van der Waals surface area contributed by atoms with Gasteiger partial charge in [0.05, 0.1) is 0 Å². The summed E-state index contributed by atoms with van der Waals surface area (Å²) in [5.41, 5.74) is 0. The van der Waals surface area contributed by atoms with Gasteiger partial charge < -0.3 is 4.79 Å². The third-order valence-corrected chi connectivity index (χ3v) is 1.12. The van der Waals surface area contributed by atoms with Gasteiger partial charge in [-0.3, -0.25) is 4.55 Å². The van der Waals surface area contributed by atoms with Crippen LogP contribution in [0.2, 0.25) is 0 Å². The number of rotatable bonds is 4. The number of hydrogen-bond donors (Lipinski definition) is 2. The molecule has 0 aromatic carbocycles. The Labute approximate surface area is 52.9 Å². The predicted molar refractivity (Wildman–Crippen MR) is 30.2 cm³/mol. The number of carbonyl (C=O) groups excluding carboxylic acids is 1. The maximum atomic E-state index is 9.83. The third kappa shape index (κ3) is 7.54. The zero-order valence-electron chi connectivity index (χ0n) is 4.57. The van der Waals surface area contributed by atoms with E-state index in [-0.39, 0.29) is 13.0 Å². The Morgan fingerprint density at radius 3 is 2.44 bits per heavy atom. The number of carbonyl (C=O) groups is 1. The molecule has 6 heteroatoms. The van der Waals surface area contributed by atoms with E-state index in [0.29, 0.717) is 6.29 Å². The molecule has 54 valence electrons. The first-order chi connectivity index (χ1) is 4.06. The molecule has 0 bridgehead atoms. The average molecular weight is 153 g/mol. The summed E-state index contributed by atoms with van der Waals surface area (Å²) in [5, 5.41) is 0. The van der Waals surface area contributed by atoms with Crippen LogP contribution in [-0.2, 0) is 15.1 Å². The van der Waals surface area contributed by atoms with E-state index in [1.54, 1.807) is 4.72 Å². The van der Waals surface area contributed by atoms with Gasteiger partial charge >= 0.3 is 10.3 Å². The number of hydrogen-bond acceptors (Lipinski definition) is 3. The van der Waals surface area contributed by atoms with Crippen molar-refractivity contribution in [3.8, 4) is 0 Å². The molecule has 0 radical (unpaired) electrons. The van der Waals surface area contributed by atoms with Crippen molar-refractivity contribution in [1.29, 1.82) is 0 Å². The smallest absolute Gasteiger partial charge is 0.303 e. The van der Waals surface area contributed by atoms with Crippen LogP contribution in [-0.4, -0.2) is 25.8 Å². The van der Waals surface area contributed by atoms with E-state index in [4.69, 9.17) is 4.55 Å². The van der Waals surface area contributed by atoms with Crippen molar-refractivity contribution in [2.24, 2.45) is 0 Å². The summed E-state index contributed by atoms with van der Waals surface area (Å²) in [6.07, 6.45) is 0.623. The van der Waals surface area contributed by atoms with Crippen LogP contribution in [0.3, 0.4) is 0 Å². The van der Waals surface area contributed by atoms with Gasteiger partial charge in [0.15, 0.2) is 0 Å². The molecule has 0 rings (SSSR count). The van der Waals surface area contributed by atoms with Crippen LogP contribution in [0.25, 0.3) is 0 Å². The van der Waals surface area contributed by atoms with Crippen molar-refractivity contribution in [3.05, 3.63) is 0 Å². The standard InChI is InChI=1S/C3H7NO4S/c5-3-1-2-4-9(6,7)8/h3-4H,1-2H2,(H,6,7,8).